The standard InChI is InChI=1S/C21H27N5O3/c1-14(13-27)8-20-22-11-17-6-7-26(12-19(17)25-20)21(29)23-10-16-4-3-5-18(9-16)24-15(2)28/h3-5,9,11,14,27H,6-8,10,12-13H2,1-2H3,(H,23,29)(H,24,28)/t14-/m1/s1. The van der Waals surface area contributed by atoms with Crippen LogP contribution < -0.4 is 10.6 Å². The van der Waals surface area contributed by atoms with Gasteiger partial charge in [0, 0.05) is 44.9 Å². The highest BCUT2D eigenvalue weighted by atomic mass is 16.3. The molecule has 0 aliphatic carbocycles. The first-order valence-corrected chi connectivity index (χ1v) is 9.78. The van der Waals surface area contributed by atoms with E-state index < -0.39 is 0 Å². The molecule has 154 valence electrons. The lowest BCUT2D eigenvalue weighted by Crippen LogP contribution is -2.42. The number of rotatable bonds is 6. The van der Waals surface area contributed by atoms with E-state index in [0.717, 1.165) is 23.2 Å². The summed E-state index contributed by atoms with van der Waals surface area (Å²) in [4.78, 5) is 34.5. The van der Waals surface area contributed by atoms with Crippen LogP contribution in [0.2, 0.25) is 0 Å². The van der Waals surface area contributed by atoms with Crippen LogP contribution in [0.5, 0.6) is 0 Å². The molecule has 2 aromatic rings. The molecule has 0 saturated carbocycles. The van der Waals surface area contributed by atoms with Crippen LogP contribution in [0.25, 0.3) is 0 Å². The van der Waals surface area contributed by atoms with E-state index in [2.05, 4.69) is 20.6 Å². The molecule has 29 heavy (non-hydrogen) atoms. The van der Waals surface area contributed by atoms with Crippen LogP contribution >= 0.6 is 0 Å². The summed E-state index contributed by atoms with van der Waals surface area (Å²) in [6, 6.07) is 7.25. The van der Waals surface area contributed by atoms with Gasteiger partial charge in [0.05, 0.1) is 12.2 Å². The zero-order valence-corrected chi connectivity index (χ0v) is 16.8. The minimum Gasteiger partial charge on any atom is -0.396 e. The monoisotopic (exact) mass is 397 g/mol. The smallest absolute Gasteiger partial charge is 0.318 e. The maximum absolute atomic E-state index is 12.6. The summed E-state index contributed by atoms with van der Waals surface area (Å²) < 4.78 is 0. The number of aliphatic hydroxyl groups is 1. The molecular weight excluding hydrogens is 370 g/mol. The number of carbonyl (C=O) groups is 2. The van der Waals surface area contributed by atoms with Crippen molar-refractivity contribution in [3.8, 4) is 0 Å². The van der Waals surface area contributed by atoms with Crippen LogP contribution in [0.3, 0.4) is 0 Å². The van der Waals surface area contributed by atoms with Gasteiger partial charge in [0.2, 0.25) is 5.91 Å². The van der Waals surface area contributed by atoms with E-state index in [1.165, 1.54) is 6.92 Å². The van der Waals surface area contributed by atoms with Crippen molar-refractivity contribution in [1.29, 1.82) is 0 Å². The molecule has 8 nitrogen and oxygen atoms in total. The molecule has 2 heterocycles. The van der Waals surface area contributed by atoms with Crippen LogP contribution in [0.15, 0.2) is 30.5 Å². The van der Waals surface area contributed by atoms with Crippen molar-refractivity contribution in [2.24, 2.45) is 5.92 Å². The van der Waals surface area contributed by atoms with Gasteiger partial charge < -0.3 is 20.6 Å². The van der Waals surface area contributed by atoms with E-state index in [0.29, 0.717) is 37.6 Å². The van der Waals surface area contributed by atoms with E-state index in [-0.39, 0.29) is 24.5 Å². The number of amides is 3. The average Bonchev–Trinajstić information content (AvgIpc) is 2.71. The molecule has 0 radical (unpaired) electrons. The van der Waals surface area contributed by atoms with Crippen LogP contribution in [-0.4, -0.2) is 45.1 Å². The molecule has 1 aliphatic heterocycles. The number of hydrogen-bond donors (Lipinski definition) is 3. The van der Waals surface area contributed by atoms with Crippen LogP contribution in [0, 0.1) is 5.92 Å². The van der Waals surface area contributed by atoms with Crippen molar-refractivity contribution >= 4 is 17.6 Å². The number of urea groups is 1. The molecule has 0 spiro atoms. The van der Waals surface area contributed by atoms with E-state index in [1.807, 2.05) is 37.4 Å². The number of hydrogen-bond acceptors (Lipinski definition) is 5. The number of anilines is 1. The highest BCUT2D eigenvalue weighted by Crippen LogP contribution is 2.18. The van der Waals surface area contributed by atoms with E-state index in [4.69, 9.17) is 0 Å². The Labute approximate surface area is 170 Å². The zero-order chi connectivity index (χ0) is 20.8. The van der Waals surface area contributed by atoms with Crippen molar-refractivity contribution in [1.82, 2.24) is 20.2 Å². The molecule has 1 aromatic carbocycles. The Morgan fingerprint density at radius 2 is 2.17 bits per heavy atom. The lowest BCUT2D eigenvalue weighted by molar-refractivity contribution is -0.114. The Morgan fingerprint density at radius 1 is 1.34 bits per heavy atom. The molecule has 1 aliphatic rings. The molecule has 1 atom stereocenters. The van der Waals surface area contributed by atoms with Gasteiger partial charge in [-0.2, -0.15) is 0 Å². The van der Waals surface area contributed by atoms with Crippen molar-refractivity contribution in [3.63, 3.8) is 0 Å². The van der Waals surface area contributed by atoms with Gasteiger partial charge in [-0.1, -0.05) is 19.1 Å². The van der Waals surface area contributed by atoms with Gasteiger partial charge in [-0.25, -0.2) is 14.8 Å². The second kappa shape index (κ2) is 9.47. The molecule has 0 fully saturated rings. The van der Waals surface area contributed by atoms with E-state index >= 15 is 0 Å². The highest BCUT2D eigenvalue weighted by Gasteiger charge is 2.22. The molecule has 0 bridgehead atoms. The number of aliphatic hydroxyl groups excluding tert-OH is 1. The SMILES string of the molecule is CC(=O)Nc1cccc(CNC(=O)N2CCc3cnc(C[C@@H](C)CO)nc3C2)c1. The van der Waals surface area contributed by atoms with Gasteiger partial charge in [-0.05, 0) is 35.6 Å². The number of benzene rings is 1. The average molecular weight is 397 g/mol. The van der Waals surface area contributed by atoms with Crippen molar-refractivity contribution in [2.75, 3.05) is 18.5 Å². The van der Waals surface area contributed by atoms with Gasteiger partial charge in [0.25, 0.3) is 0 Å². The van der Waals surface area contributed by atoms with Gasteiger partial charge in [-0.3, -0.25) is 4.79 Å². The Balaban J connectivity index is 1.59. The second-order valence-electron chi connectivity index (χ2n) is 7.46. The first kappa shape index (κ1) is 20.7. The third-order valence-corrected chi connectivity index (χ3v) is 4.82. The number of carbonyl (C=O) groups excluding carboxylic acids is 2. The lowest BCUT2D eigenvalue weighted by atomic mass is 10.1. The molecule has 8 heteroatoms. The molecule has 3 N–H and O–H groups in total. The topological polar surface area (TPSA) is 107 Å². The van der Waals surface area contributed by atoms with E-state index in [1.54, 1.807) is 4.90 Å². The maximum atomic E-state index is 12.6. The van der Waals surface area contributed by atoms with Crippen LogP contribution in [-0.2, 0) is 30.7 Å². The van der Waals surface area contributed by atoms with Crippen molar-refractivity contribution in [3.05, 3.63) is 53.1 Å². The fraction of sp³-hybridized carbons (Fsp3) is 0.429. The summed E-state index contributed by atoms with van der Waals surface area (Å²) in [5.41, 5.74) is 3.55. The van der Waals surface area contributed by atoms with Crippen LogP contribution in [0.4, 0.5) is 10.5 Å². The number of fused-ring (bicyclic) bond motifs is 1. The van der Waals surface area contributed by atoms with Gasteiger partial charge in [0.15, 0.2) is 0 Å². The summed E-state index contributed by atoms with van der Waals surface area (Å²) in [6.45, 7) is 4.93. The first-order chi connectivity index (χ1) is 13.9. The fourth-order valence-corrected chi connectivity index (χ4v) is 3.24. The minimum atomic E-state index is -0.149. The summed E-state index contributed by atoms with van der Waals surface area (Å²) in [6.07, 6.45) is 3.17. The van der Waals surface area contributed by atoms with Gasteiger partial charge in [-0.15, -0.1) is 0 Å². The Bertz CT molecular complexity index is 886. The summed E-state index contributed by atoms with van der Waals surface area (Å²) >= 11 is 0. The normalized spacial score (nSPS) is 14.1. The van der Waals surface area contributed by atoms with Gasteiger partial charge >= 0.3 is 6.03 Å². The number of nitrogens with zero attached hydrogens (tertiary/aromatic N) is 3. The fourth-order valence-electron chi connectivity index (χ4n) is 3.24. The molecule has 0 unspecified atom stereocenters. The third kappa shape index (κ3) is 5.74. The number of aromatic nitrogens is 2. The Kier molecular flexibility index (Phi) is 6.77. The summed E-state index contributed by atoms with van der Waals surface area (Å²) in [5, 5.41) is 14.9. The van der Waals surface area contributed by atoms with Crippen molar-refractivity contribution in [2.45, 2.75) is 39.8 Å². The zero-order valence-electron chi connectivity index (χ0n) is 16.8. The molecule has 1 aromatic heterocycles. The third-order valence-electron chi connectivity index (χ3n) is 4.82. The summed E-state index contributed by atoms with van der Waals surface area (Å²) in [5.74, 6) is 0.666. The predicted octanol–water partition coefficient (Wildman–Crippen LogP) is 1.87. The van der Waals surface area contributed by atoms with Crippen molar-refractivity contribution < 1.29 is 14.7 Å². The minimum absolute atomic E-state index is 0.0953. The summed E-state index contributed by atoms with van der Waals surface area (Å²) in [7, 11) is 0. The lowest BCUT2D eigenvalue weighted by Gasteiger charge is -2.28. The molecule has 0 saturated heterocycles. The molecule has 3 amide bonds. The quantitative estimate of drug-likeness (QED) is 0.690. The number of nitrogens with one attached hydrogen (secondary N) is 2. The molecular formula is C21H27N5O3. The maximum Gasteiger partial charge on any atom is 0.318 e. The van der Waals surface area contributed by atoms with Gasteiger partial charge in [0.1, 0.15) is 5.82 Å². The highest BCUT2D eigenvalue weighted by molar-refractivity contribution is 5.88. The predicted molar refractivity (Wildman–Crippen MR) is 109 cm³/mol. The molecule has 3 rings (SSSR count). The largest absolute Gasteiger partial charge is 0.396 e. The Hall–Kier alpha value is -3.00. The second-order valence-corrected chi connectivity index (χ2v) is 7.46. The van der Waals surface area contributed by atoms with E-state index in [9.17, 15) is 14.7 Å². The van der Waals surface area contributed by atoms with Crippen LogP contribution in [0.1, 0.15) is 36.5 Å². The Morgan fingerprint density at radius 3 is 2.93 bits per heavy atom. The first-order valence-electron chi connectivity index (χ1n) is 9.78.